The number of hydrogen-bond acceptors (Lipinski definition) is 8. The van der Waals surface area contributed by atoms with Crippen molar-refractivity contribution in [2.45, 2.75) is 32.6 Å². The molecular weight excluding hydrogens is 643 g/mol. The Balaban J connectivity index is 0.000000162. The van der Waals surface area contributed by atoms with Gasteiger partial charge in [0.2, 0.25) is 0 Å². The van der Waals surface area contributed by atoms with E-state index in [1.54, 1.807) is 0 Å². The number of ether oxygens (including phenoxy) is 1. The fraction of sp³-hybridized carbons (Fsp3) is 0.341. The molecule has 2 aliphatic heterocycles. The molecule has 4 aromatic carbocycles. The van der Waals surface area contributed by atoms with E-state index in [1.807, 2.05) is 18.2 Å². The van der Waals surface area contributed by atoms with Gasteiger partial charge in [0, 0.05) is 60.3 Å². The molecule has 8 nitrogen and oxygen atoms in total. The van der Waals surface area contributed by atoms with Crippen molar-refractivity contribution in [3.05, 3.63) is 115 Å². The summed E-state index contributed by atoms with van der Waals surface area (Å²) in [7, 11) is 0. The Bertz CT molecular complexity index is 2020. The average molecular weight is 694 g/mol. The molecule has 2 aliphatic rings. The van der Waals surface area contributed by atoms with Crippen molar-refractivity contribution in [3.8, 4) is 22.6 Å². The van der Waals surface area contributed by atoms with Crippen LogP contribution in [0.2, 0.25) is 0 Å². The molecule has 8 rings (SSSR count). The van der Waals surface area contributed by atoms with Gasteiger partial charge < -0.3 is 20.3 Å². The van der Waals surface area contributed by atoms with Crippen LogP contribution in [-0.2, 0) is 4.74 Å². The second-order valence-electron chi connectivity index (χ2n) is 13.8. The average Bonchev–Trinajstić information content (AvgIpc) is 3.20. The van der Waals surface area contributed by atoms with E-state index in [2.05, 4.69) is 118 Å². The fourth-order valence-electron chi connectivity index (χ4n) is 7.07. The number of piperidine rings is 1. The maximum absolute atomic E-state index is 5.41. The number of pyridine rings is 1. The van der Waals surface area contributed by atoms with E-state index in [4.69, 9.17) is 19.7 Å². The highest BCUT2D eigenvalue weighted by Crippen LogP contribution is 2.29. The van der Waals surface area contributed by atoms with Gasteiger partial charge in [-0.05, 0) is 76.2 Å². The van der Waals surface area contributed by atoms with E-state index in [-0.39, 0.29) is 0 Å². The molecule has 2 saturated heterocycles. The molecule has 8 heteroatoms. The van der Waals surface area contributed by atoms with Crippen molar-refractivity contribution >= 4 is 33.3 Å². The first-order chi connectivity index (χ1) is 25.7. The standard InChI is InChI=1S/C22H26N4O.C22H25N3/c1-17-6-4-7-18(16-17)21-24-20-9-3-2-8-19(20)22(25-21)23-10-5-11-26-12-14-27-15-13-26;1-3-9-18(10-4-1)21-17-22(19-11-5-6-12-20(19)24-21)23-13-16-25-14-7-2-8-15-25/h2-4,6-9,16H,5,10-15H2,1H3,(H,23,24,25);1,3-6,9-12,17H,2,7-8,13-16H2,(H,23,24). The quantitative estimate of drug-likeness (QED) is 0.131. The maximum atomic E-state index is 5.41. The summed E-state index contributed by atoms with van der Waals surface area (Å²) in [6, 6.07) is 37.5. The van der Waals surface area contributed by atoms with E-state index in [0.717, 1.165) is 104 Å². The van der Waals surface area contributed by atoms with Crippen molar-refractivity contribution in [3.63, 3.8) is 0 Å². The first kappa shape index (κ1) is 35.5. The lowest BCUT2D eigenvalue weighted by molar-refractivity contribution is 0.0378. The number of rotatable bonds is 11. The van der Waals surface area contributed by atoms with Gasteiger partial charge in [0.05, 0.1) is 29.9 Å². The molecule has 0 saturated carbocycles. The molecule has 0 atom stereocenters. The smallest absolute Gasteiger partial charge is 0.162 e. The minimum absolute atomic E-state index is 0.771. The van der Waals surface area contributed by atoms with Crippen LogP contribution in [-0.4, -0.2) is 90.3 Å². The zero-order valence-corrected chi connectivity index (χ0v) is 30.4. The number of aromatic nitrogens is 3. The van der Waals surface area contributed by atoms with Crippen LogP contribution < -0.4 is 10.6 Å². The number of nitrogens with zero attached hydrogens (tertiary/aromatic N) is 5. The maximum Gasteiger partial charge on any atom is 0.162 e. The summed E-state index contributed by atoms with van der Waals surface area (Å²) in [6.07, 6.45) is 5.16. The molecule has 0 unspecified atom stereocenters. The number of hydrogen-bond donors (Lipinski definition) is 2. The zero-order chi connectivity index (χ0) is 35.4. The van der Waals surface area contributed by atoms with Crippen LogP contribution in [0.4, 0.5) is 11.5 Å². The summed E-state index contributed by atoms with van der Waals surface area (Å²) in [5.41, 5.74) is 7.65. The van der Waals surface area contributed by atoms with E-state index < -0.39 is 0 Å². The summed E-state index contributed by atoms with van der Waals surface area (Å²) < 4.78 is 5.41. The van der Waals surface area contributed by atoms with Crippen molar-refractivity contribution in [1.29, 1.82) is 0 Å². The molecule has 0 bridgehead atoms. The topological polar surface area (TPSA) is 78.4 Å². The van der Waals surface area contributed by atoms with Crippen LogP contribution in [0.5, 0.6) is 0 Å². The highest BCUT2D eigenvalue weighted by atomic mass is 16.5. The molecule has 6 aromatic rings. The van der Waals surface area contributed by atoms with Gasteiger partial charge in [-0.1, -0.05) is 90.8 Å². The fourth-order valence-corrected chi connectivity index (χ4v) is 7.07. The van der Waals surface area contributed by atoms with Gasteiger partial charge in [-0.15, -0.1) is 0 Å². The van der Waals surface area contributed by atoms with Crippen molar-refractivity contribution in [1.82, 2.24) is 24.8 Å². The molecule has 268 valence electrons. The number of nitrogens with one attached hydrogen (secondary N) is 2. The first-order valence-corrected chi connectivity index (χ1v) is 19.0. The molecule has 0 spiro atoms. The minimum atomic E-state index is 0.771. The highest BCUT2D eigenvalue weighted by Gasteiger charge is 2.13. The third kappa shape index (κ3) is 9.50. The molecule has 4 heterocycles. The van der Waals surface area contributed by atoms with Gasteiger partial charge in [-0.3, -0.25) is 4.90 Å². The van der Waals surface area contributed by atoms with Crippen LogP contribution in [0.3, 0.4) is 0 Å². The third-order valence-electron chi connectivity index (χ3n) is 9.90. The van der Waals surface area contributed by atoms with Gasteiger partial charge in [-0.25, -0.2) is 15.0 Å². The van der Waals surface area contributed by atoms with E-state index in [9.17, 15) is 0 Å². The molecule has 0 radical (unpaired) electrons. The molecular formula is C44H51N7O. The largest absolute Gasteiger partial charge is 0.383 e. The van der Waals surface area contributed by atoms with Gasteiger partial charge in [0.15, 0.2) is 5.82 Å². The van der Waals surface area contributed by atoms with Crippen LogP contribution >= 0.6 is 0 Å². The Morgan fingerprint density at radius 2 is 1.29 bits per heavy atom. The van der Waals surface area contributed by atoms with Gasteiger partial charge >= 0.3 is 0 Å². The van der Waals surface area contributed by atoms with Crippen molar-refractivity contribution in [2.75, 3.05) is 76.2 Å². The lowest BCUT2D eigenvalue weighted by atomic mass is 10.1. The molecule has 0 amide bonds. The number of anilines is 2. The highest BCUT2D eigenvalue weighted by molar-refractivity contribution is 5.94. The monoisotopic (exact) mass is 693 g/mol. The summed E-state index contributed by atoms with van der Waals surface area (Å²) >= 11 is 0. The number of para-hydroxylation sites is 2. The van der Waals surface area contributed by atoms with Gasteiger partial charge in [0.1, 0.15) is 5.82 Å². The Morgan fingerprint density at radius 3 is 2.08 bits per heavy atom. The van der Waals surface area contributed by atoms with E-state index in [1.165, 1.54) is 49.0 Å². The molecule has 2 N–H and O–H groups in total. The predicted octanol–water partition coefficient (Wildman–Crippen LogP) is 8.54. The molecule has 0 aliphatic carbocycles. The summed E-state index contributed by atoms with van der Waals surface area (Å²) in [5.74, 6) is 1.69. The van der Waals surface area contributed by atoms with E-state index in [0.29, 0.717) is 0 Å². The number of benzene rings is 4. The van der Waals surface area contributed by atoms with Crippen molar-refractivity contribution in [2.24, 2.45) is 0 Å². The Morgan fingerprint density at radius 1 is 0.596 bits per heavy atom. The first-order valence-electron chi connectivity index (χ1n) is 19.0. The van der Waals surface area contributed by atoms with Crippen LogP contribution in [0, 0.1) is 6.92 Å². The summed E-state index contributed by atoms with van der Waals surface area (Å²) in [5, 5.41) is 9.47. The Labute approximate surface area is 308 Å². The number of aryl methyl sites for hydroxylation is 1. The molecule has 2 aromatic heterocycles. The summed E-state index contributed by atoms with van der Waals surface area (Å²) in [6.45, 7) is 12.4. The third-order valence-corrected chi connectivity index (χ3v) is 9.90. The van der Waals surface area contributed by atoms with Crippen molar-refractivity contribution < 1.29 is 4.74 Å². The van der Waals surface area contributed by atoms with Gasteiger partial charge in [-0.2, -0.15) is 0 Å². The second-order valence-corrected chi connectivity index (χ2v) is 13.8. The Hall–Kier alpha value is -4.89. The minimum Gasteiger partial charge on any atom is -0.383 e. The van der Waals surface area contributed by atoms with Gasteiger partial charge in [0.25, 0.3) is 0 Å². The summed E-state index contributed by atoms with van der Waals surface area (Å²) in [4.78, 5) is 19.5. The second kappa shape index (κ2) is 18.0. The lowest BCUT2D eigenvalue weighted by Gasteiger charge is -2.26. The zero-order valence-electron chi connectivity index (χ0n) is 30.4. The number of fused-ring (bicyclic) bond motifs is 2. The van der Waals surface area contributed by atoms with E-state index >= 15 is 0 Å². The van der Waals surface area contributed by atoms with Crippen LogP contribution in [0.15, 0.2) is 109 Å². The lowest BCUT2D eigenvalue weighted by Crippen LogP contribution is -2.37. The number of likely N-dealkylation sites (tertiary alicyclic amines) is 1. The predicted molar refractivity (Wildman–Crippen MR) is 216 cm³/mol. The Kier molecular flexibility index (Phi) is 12.3. The number of morpholine rings is 1. The van der Waals surface area contributed by atoms with Crippen LogP contribution in [0.25, 0.3) is 44.5 Å². The SMILES string of the molecule is Cc1cccc(-c2nc(NCCCN3CCOCC3)c3ccccc3n2)c1.c1ccc(-c2cc(NCCN3CCCCC3)c3ccccc3n2)cc1. The normalized spacial score (nSPS) is 15.2. The molecule has 2 fully saturated rings. The molecule has 52 heavy (non-hydrogen) atoms. The van der Waals surface area contributed by atoms with Crippen LogP contribution in [0.1, 0.15) is 31.2 Å².